The van der Waals surface area contributed by atoms with Gasteiger partial charge in [-0.2, -0.15) is 0 Å². The summed E-state index contributed by atoms with van der Waals surface area (Å²) in [7, 11) is 0. The number of amides is 4. The van der Waals surface area contributed by atoms with E-state index in [2.05, 4.69) is 33.2 Å². The van der Waals surface area contributed by atoms with Gasteiger partial charge in [-0.25, -0.2) is 4.79 Å². The summed E-state index contributed by atoms with van der Waals surface area (Å²) >= 11 is 2.21. The summed E-state index contributed by atoms with van der Waals surface area (Å²) in [5.74, 6) is -0.659. The van der Waals surface area contributed by atoms with Crippen LogP contribution in [0.4, 0.5) is 16.2 Å². The molecular weight excluding hydrogens is 457 g/mol. The minimum absolute atomic E-state index is 0.304. The highest BCUT2D eigenvalue weighted by Gasteiger charge is 2.41. The van der Waals surface area contributed by atoms with Crippen molar-refractivity contribution in [1.82, 2.24) is 4.90 Å². The van der Waals surface area contributed by atoms with Gasteiger partial charge in [0.25, 0.3) is 11.8 Å². The molecule has 2 N–H and O–H groups in total. The van der Waals surface area contributed by atoms with E-state index in [9.17, 15) is 14.4 Å². The molecule has 0 radical (unpaired) electrons. The van der Waals surface area contributed by atoms with Crippen molar-refractivity contribution < 1.29 is 14.4 Å². The van der Waals surface area contributed by atoms with Gasteiger partial charge in [-0.05, 0) is 92.2 Å². The molecule has 3 rings (SSSR count). The number of carbonyl (C=O) groups excluding carboxylic acids is 3. The van der Waals surface area contributed by atoms with Crippen molar-refractivity contribution in [3.8, 4) is 0 Å². The SMILES string of the molecule is Cc1cc(I)ccc1NC(=O)Nc1ccc2c(c1)C(=O)N(C(C)(C)C)C2=O. The summed E-state index contributed by atoms with van der Waals surface area (Å²) in [5, 5.41) is 5.51. The van der Waals surface area contributed by atoms with Crippen molar-refractivity contribution in [3.63, 3.8) is 0 Å². The Labute approximate surface area is 171 Å². The van der Waals surface area contributed by atoms with E-state index in [1.807, 2.05) is 45.9 Å². The summed E-state index contributed by atoms with van der Waals surface area (Å²) in [6.45, 7) is 7.35. The number of urea groups is 1. The predicted octanol–water partition coefficient (Wildman–Crippen LogP) is 4.64. The van der Waals surface area contributed by atoms with Crippen LogP contribution in [-0.4, -0.2) is 28.3 Å². The zero-order valence-corrected chi connectivity index (χ0v) is 17.7. The van der Waals surface area contributed by atoms with Crippen LogP contribution < -0.4 is 10.6 Å². The van der Waals surface area contributed by atoms with E-state index >= 15 is 0 Å². The third-order valence-electron chi connectivity index (χ3n) is 4.25. The maximum absolute atomic E-state index is 12.6. The second-order valence-electron chi connectivity index (χ2n) is 7.42. The average molecular weight is 477 g/mol. The van der Waals surface area contributed by atoms with Crippen molar-refractivity contribution in [3.05, 3.63) is 56.7 Å². The smallest absolute Gasteiger partial charge is 0.308 e. The first-order chi connectivity index (χ1) is 12.6. The molecule has 0 atom stereocenters. The zero-order valence-electron chi connectivity index (χ0n) is 15.5. The van der Waals surface area contributed by atoms with E-state index in [-0.39, 0.29) is 11.8 Å². The van der Waals surface area contributed by atoms with Gasteiger partial charge < -0.3 is 10.6 Å². The first kappa shape index (κ1) is 19.3. The molecule has 7 heteroatoms. The maximum atomic E-state index is 12.6. The predicted molar refractivity (Wildman–Crippen MR) is 113 cm³/mol. The van der Waals surface area contributed by atoms with E-state index in [1.165, 1.54) is 4.90 Å². The molecule has 2 aromatic rings. The van der Waals surface area contributed by atoms with E-state index in [1.54, 1.807) is 18.2 Å². The Hall–Kier alpha value is -2.42. The molecular formula is C20H20IN3O3. The fourth-order valence-electron chi connectivity index (χ4n) is 2.98. The van der Waals surface area contributed by atoms with Gasteiger partial charge in [-0.1, -0.05) is 0 Å². The van der Waals surface area contributed by atoms with E-state index < -0.39 is 11.6 Å². The molecule has 27 heavy (non-hydrogen) atoms. The molecule has 140 valence electrons. The Bertz CT molecular complexity index is 963. The molecule has 0 aliphatic carbocycles. The first-order valence-electron chi connectivity index (χ1n) is 8.45. The van der Waals surface area contributed by atoms with Crippen LogP contribution in [0.3, 0.4) is 0 Å². The largest absolute Gasteiger partial charge is 0.323 e. The molecule has 2 aromatic carbocycles. The van der Waals surface area contributed by atoms with Gasteiger partial charge in [0.2, 0.25) is 0 Å². The Morgan fingerprint density at radius 3 is 2.26 bits per heavy atom. The highest BCUT2D eigenvalue weighted by atomic mass is 127. The fraction of sp³-hybridized carbons (Fsp3) is 0.250. The third-order valence-corrected chi connectivity index (χ3v) is 4.92. The topological polar surface area (TPSA) is 78.5 Å². The summed E-state index contributed by atoms with van der Waals surface area (Å²) in [6, 6.07) is 10.0. The number of fused-ring (bicyclic) bond motifs is 1. The molecule has 0 bridgehead atoms. The number of rotatable bonds is 2. The maximum Gasteiger partial charge on any atom is 0.323 e. The van der Waals surface area contributed by atoms with Crippen LogP contribution in [0, 0.1) is 10.5 Å². The van der Waals surface area contributed by atoms with Gasteiger partial charge in [0.05, 0.1) is 11.1 Å². The van der Waals surface area contributed by atoms with Crippen LogP contribution >= 0.6 is 22.6 Å². The number of benzene rings is 2. The summed E-state index contributed by atoms with van der Waals surface area (Å²) in [6.07, 6.45) is 0. The minimum Gasteiger partial charge on any atom is -0.308 e. The number of hydrogen-bond acceptors (Lipinski definition) is 3. The molecule has 1 aliphatic rings. The second kappa shape index (κ2) is 6.95. The van der Waals surface area contributed by atoms with Gasteiger partial charge in [0.15, 0.2) is 0 Å². The van der Waals surface area contributed by atoms with Crippen LogP contribution in [-0.2, 0) is 0 Å². The molecule has 4 amide bonds. The lowest BCUT2D eigenvalue weighted by molar-refractivity contribution is 0.0507. The van der Waals surface area contributed by atoms with Crippen LogP contribution in [0.1, 0.15) is 47.1 Å². The molecule has 0 spiro atoms. The van der Waals surface area contributed by atoms with Gasteiger partial charge >= 0.3 is 6.03 Å². The second-order valence-corrected chi connectivity index (χ2v) is 8.66. The van der Waals surface area contributed by atoms with Crippen LogP contribution in [0.5, 0.6) is 0 Å². The van der Waals surface area contributed by atoms with Crippen LogP contribution in [0.25, 0.3) is 0 Å². The lowest BCUT2D eigenvalue weighted by atomic mass is 10.1. The monoisotopic (exact) mass is 477 g/mol. The Kier molecular flexibility index (Phi) is 4.98. The van der Waals surface area contributed by atoms with E-state index in [4.69, 9.17) is 0 Å². The quantitative estimate of drug-likeness (QED) is 0.489. The molecule has 1 aliphatic heterocycles. The summed E-state index contributed by atoms with van der Waals surface area (Å²) in [4.78, 5) is 38.7. The highest BCUT2D eigenvalue weighted by Crippen LogP contribution is 2.31. The number of imide groups is 1. The van der Waals surface area contributed by atoms with Gasteiger partial charge in [0.1, 0.15) is 0 Å². The Balaban J connectivity index is 1.79. The Morgan fingerprint density at radius 1 is 0.963 bits per heavy atom. The van der Waals surface area contributed by atoms with E-state index in [0.29, 0.717) is 22.5 Å². The fourth-order valence-corrected chi connectivity index (χ4v) is 3.63. The highest BCUT2D eigenvalue weighted by molar-refractivity contribution is 14.1. The average Bonchev–Trinajstić information content (AvgIpc) is 2.81. The molecule has 6 nitrogen and oxygen atoms in total. The number of carbonyl (C=O) groups is 3. The van der Waals surface area contributed by atoms with Crippen molar-refractivity contribution in [2.45, 2.75) is 33.2 Å². The third kappa shape index (κ3) is 3.83. The van der Waals surface area contributed by atoms with Gasteiger partial charge in [-0.3, -0.25) is 14.5 Å². The normalized spacial score (nSPS) is 13.6. The summed E-state index contributed by atoms with van der Waals surface area (Å²) < 4.78 is 1.08. The number of halogens is 1. The Morgan fingerprint density at radius 2 is 1.63 bits per heavy atom. The van der Waals surface area contributed by atoms with Gasteiger partial charge in [-0.15, -0.1) is 0 Å². The molecule has 0 saturated carbocycles. The number of aryl methyl sites for hydroxylation is 1. The minimum atomic E-state index is -0.611. The van der Waals surface area contributed by atoms with Gasteiger partial charge in [0, 0.05) is 20.5 Å². The number of hydrogen-bond donors (Lipinski definition) is 2. The van der Waals surface area contributed by atoms with Crippen molar-refractivity contribution in [2.75, 3.05) is 10.6 Å². The van der Waals surface area contributed by atoms with Crippen molar-refractivity contribution in [2.24, 2.45) is 0 Å². The standard InChI is InChI=1S/C20H20IN3O3/c1-11-9-12(21)5-8-16(11)23-19(27)22-13-6-7-14-15(10-13)18(26)24(17(14)25)20(2,3)4/h5-10H,1-4H3,(H2,22,23,27). The van der Waals surface area contributed by atoms with Crippen molar-refractivity contribution in [1.29, 1.82) is 0 Å². The van der Waals surface area contributed by atoms with Crippen LogP contribution in [0.15, 0.2) is 36.4 Å². The number of anilines is 2. The number of nitrogens with zero attached hydrogens (tertiary/aromatic N) is 1. The molecule has 0 unspecified atom stereocenters. The lowest BCUT2D eigenvalue weighted by Crippen LogP contribution is -2.45. The lowest BCUT2D eigenvalue weighted by Gasteiger charge is -2.29. The molecule has 1 heterocycles. The molecule has 0 saturated heterocycles. The molecule has 0 aromatic heterocycles. The first-order valence-corrected chi connectivity index (χ1v) is 9.53. The van der Waals surface area contributed by atoms with E-state index in [0.717, 1.165) is 9.13 Å². The van der Waals surface area contributed by atoms with Crippen LogP contribution in [0.2, 0.25) is 0 Å². The summed E-state index contributed by atoms with van der Waals surface area (Å²) in [5.41, 5.74) is 2.16. The van der Waals surface area contributed by atoms with Crippen molar-refractivity contribution >= 4 is 51.8 Å². The zero-order chi connectivity index (χ0) is 19.9. The molecule has 0 fully saturated rings. The number of nitrogens with one attached hydrogen (secondary N) is 2.